The highest BCUT2D eigenvalue weighted by Gasteiger charge is 2.11. The highest BCUT2D eigenvalue weighted by Crippen LogP contribution is 2.15. The van der Waals surface area contributed by atoms with E-state index < -0.39 is 0 Å². The van der Waals surface area contributed by atoms with E-state index in [1.165, 1.54) is 0 Å². The fourth-order valence-electron chi connectivity index (χ4n) is 1.82. The lowest BCUT2D eigenvalue weighted by molar-refractivity contribution is 0.103. The molecule has 1 nitrogen and oxygen atoms in total. The minimum Gasteiger partial charge on any atom is -0.289 e. The van der Waals surface area contributed by atoms with Gasteiger partial charge in [-0.3, -0.25) is 4.79 Å². The molecule has 0 bridgehead atoms. The first-order valence-electron chi connectivity index (χ1n) is 6.11. The summed E-state index contributed by atoms with van der Waals surface area (Å²) >= 11 is 0. The molecule has 0 heterocycles. The van der Waals surface area contributed by atoms with Crippen LogP contribution in [0.1, 0.15) is 21.5 Å². The normalized spacial score (nSPS) is 9.05. The van der Waals surface area contributed by atoms with Crippen molar-refractivity contribution in [3.8, 4) is 0 Å². The molecule has 0 amide bonds. The molecule has 0 radical (unpaired) electrons. The molecule has 2 aromatic carbocycles. The van der Waals surface area contributed by atoms with Gasteiger partial charge in [-0.05, 0) is 12.0 Å². The van der Waals surface area contributed by atoms with Gasteiger partial charge >= 0.3 is 0 Å². The molecule has 0 unspecified atom stereocenters. The number of allylic oxidation sites excluding steroid dienone is 1. The van der Waals surface area contributed by atoms with Gasteiger partial charge < -0.3 is 0 Å². The van der Waals surface area contributed by atoms with Crippen molar-refractivity contribution in [3.05, 3.63) is 97.1 Å². The lowest BCUT2D eigenvalue weighted by atomic mass is 9.97. The number of rotatable bonds is 4. The molecular weight excluding hydrogens is 232 g/mol. The lowest BCUT2D eigenvalue weighted by Crippen LogP contribution is -2.04. The molecule has 0 aliphatic carbocycles. The number of carbonyl (C=O) groups is 1. The summed E-state index contributed by atoms with van der Waals surface area (Å²) in [5, 5.41) is 0. The molecule has 0 aliphatic rings. The monoisotopic (exact) mass is 250 g/mol. The smallest absolute Gasteiger partial charge is 0.193 e. The maximum atomic E-state index is 12.3. The van der Waals surface area contributed by atoms with Crippen LogP contribution in [0.4, 0.5) is 0 Å². The minimum atomic E-state index is 0.0723. The van der Waals surface area contributed by atoms with E-state index in [0.29, 0.717) is 0 Å². The van der Waals surface area contributed by atoms with Gasteiger partial charge in [-0.25, -0.2) is 0 Å². The SMILES string of the molecule is C=C.C=CCc1ccccc1C(=O)c1ccccc1. The predicted molar refractivity (Wildman–Crippen MR) is 81.5 cm³/mol. The Morgan fingerprint density at radius 2 is 1.53 bits per heavy atom. The first-order chi connectivity index (χ1) is 9.33. The van der Waals surface area contributed by atoms with E-state index >= 15 is 0 Å². The van der Waals surface area contributed by atoms with Crippen LogP contribution in [0.5, 0.6) is 0 Å². The minimum absolute atomic E-state index is 0.0723. The third-order valence-electron chi connectivity index (χ3n) is 2.66. The van der Waals surface area contributed by atoms with Crippen molar-refractivity contribution in [1.29, 1.82) is 0 Å². The largest absolute Gasteiger partial charge is 0.289 e. The molecule has 0 N–H and O–H groups in total. The first kappa shape index (κ1) is 14.7. The van der Waals surface area contributed by atoms with Crippen molar-refractivity contribution < 1.29 is 4.79 Å². The van der Waals surface area contributed by atoms with Crippen molar-refractivity contribution in [3.63, 3.8) is 0 Å². The van der Waals surface area contributed by atoms with Gasteiger partial charge in [0.2, 0.25) is 0 Å². The first-order valence-corrected chi connectivity index (χ1v) is 6.11. The molecule has 1 heteroatoms. The van der Waals surface area contributed by atoms with E-state index in [2.05, 4.69) is 19.7 Å². The molecule has 2 aromatic rings. The zero-order valence-corrected chi connectivity index (χ0v) is 11.0. The molecule has 0 fully saturated rings. The lowest BCUT2D eigenvalue weighted by Gasteiger charge is -2.06. The summed E-state index contributed by atoms with van der Waals surface area (Å²) in [6, 6.07) is 17.0. The maximum absolute atomic E-state index is 12.3. The van der Waals surface area contributed by atoms with Crippen LogP contribution >= 0.6 is 0 Å². The van der Waals surface area contributed by atoms with Gasteiger partial charge in [0.25, 0.3) is 0 Å². The van der Waals surface area contributed by atoms with Crippen LogP contribution in [0.15, 0.2) is 80.4 Å². The van der Waals surface area contributed by atoms with Crippen LogP contribution in [0.3, 0.4) is 0 Å². The standard InChI is InChI=1S/C16H14O.C2H4/c1-2-8-13-9-6-7-12-15(13)16(17)14-10-4-3-5-11-14;1-2/h2-7,9-12H,1,8H2;1-2H2. The topological polar surface area (TPSA) is 17.1 Å². The third kappa shape index (κ3) is 3.78. The molecular formula is C18H18O. The van der Waals surface area contributed by atoms with Crippen molar-refractivity contribution in [2.75, 3.05) is 0 Å². The Kier molecular flexibility index (Phi) is 6.04. The Bertz CT molecular complexity index is 541. The summed E-state index contributed by atoms with van der Waals surface area (Å²) in [5.74, 6) is 0.0723. The van der Waals surface area contributed by atoms with Crippen LogP contribution in [0, 0.1) is 0 Å². The summed E-state index contributed by atoms with van der Waals surface area (Å²) in [6.07, 6.45) is 2.53. The molecule has 0 saturated carbocycles. The molecule has 96 valence electrons. The average Bonchev–Trinajstić information content (AvgIpc) is 2.50. The number of benzene rings is 2. The molecule has 0 aromatic heterocycles. The third-order valence-corrected chi connectivity index (χ3v) is 2.66. The Labute approximate surface area is 114 Å². The Morgan fingerprint density at radius 1 is 0.947 bits per heavy atom. The van der Waals surface area contributed by atoms with Gasteiger partial charge in [0.1, 0.15) is 0 Å². The highest BCUT2D eigenvalue weighted by atomic mass is 16.1. The van der Waals surface area contributed by atoms with Crippen LogP contribution < -0.4 is 0 Å². The zero-order chi connectivity index (χ0) is 14.1. The van der Waals surface area contributed by atoms with Crippen molar-refractivity contribution in [2.45, 2.75) is 6.42 Å². The van der Waals surface area contributed by atoms with E-state index in [4.69, 9.17) is 0 Å². The number of hydrogen-bond donors (Lipinski definition) is 0. The van der Waals surface area contributed by atoms with Crippen LogP contribution in [-0.4, -0.2) is 5.78 Å². The van der Waals surface area contributed by atoms with Gasteiger partial charge in [-0.1, -0.05) is 60.7 Å². The fourth-order valence-corrected chi connectivity index (χ4v) is 1.82. The molecule has 0 saturated heterocycles. The Hall–Kier alpha value is -2.41. The van der Waals surface area contributed by atoms with Crippen LogP contribution in [-0.2, 0) is 6.42 Å². The predicted octanol–water partition coefficient (Wildman–Crippen LogP) is 4.45. The second kappa shape index (κ2) is 7.83. The molecule has 2 rings (SSSR count). The van der Waals surface area contributed by atoms with E-state index in [1.54, 1.807) is 0 Å². The average molecular weight is 250 g/mol. The quantitative estimate of drug-likeness (QED) is 0.579. The second-order valence-electron chi connectivity index (χ2n) is 3.85. The van der Waals surface area contributed by atoms with Crippen LogP contribution in [0.2, 0.25) is 0 Å². The van der Waals surface area contributed by atoms with Gasteiger partial charge in [-0.2, -0.15) is 0 Å². The van der Waals surface area contributed by atoms with Gasteiger partial charge in [0.05, 0.1) is 0 Å². The molecule has 19 heavy (non-hydrogen) atoms. The zero-order valence-electron chi connectivity index (χ0n) is 11.0. The van der Waals surface area contributed by atoms with Crippen molar-refractivity contribution in [1.82, 2.24) is 0 Å². The number of ketones is 1. The summed E-state index contributed by atoms with van der Waals surface area (Å²) in [6.45, 7) is 9.72. The molecule has 0 atom stereocenters. The van der Waals surface area contributed by atoms with E-state index in [0.717, 1.165) is 23.1 Å². The van der Waals surface area contributed by atoms with E-state index in [1.807, 2.05) is 60.7 Å². The summed E-state index contributed by atoms with van der Waals surface area (Å²) in [7, 11) is 0. The summed E-state index contributed by atoms with van der Waals surface area (Å²) in [5.41, 5.74) is 2.51. The van der Waals surface area contributed by atoms with E-state index in [-0.39, 0.29) is 5.78 Å². The summed E-state index contributed by atoms with van der Waals surface area (Å²) in [4.78, 5) is 12.3. The molecule has 0 aliphatic heterocycles. The maximum Gasteiger partial charge on any atom is 0.193 e. The van der Waals surface area contributed by atoms with Crippen molar-refractivity contribution in [2.24, 2.45) is 0 Å². The van der Waals surface area contributed by atoms with Gasteiger partial charge in [-0.15, -0.1) is 19.7 Å². The number of carbonyl (C=O) groups excluding carboxylic acids is 1. The highest BCUT2D eigenvalue weighted by molar-refractivity contribution is 6.09. The Morgan fingerprint density at radius 3 is 2.16 bits per heavy atom. The summed E-state index contributed by atoms with van der Waals surface area (Å²) < 4.78 is 0. The van der Waals surface area contributed by atoms with Crippen molar-refractivity contribution >= 4 is 5.78 Å². The number of hydrogen-bond acceptors (Lipinski definition) is 1. The fraction of sp³-hybridized carbons (Fsp3) is 0.0556. The van der Waals surface area contributed by atoms with Gasteiger partial charge in [0.15, 0.2) is 5.78 Å². The van der Waals surface area contributed by atoms with E-state index in [9.17, 15) is 4.79 Å². The Balaban J connectivity index is 0.000000861. The van der Waals surface area contributed by atoms with Gasteiger partial charge in [0, 0.05) is 11.1 Å². The molecule has 0 spiro atoms. The second-order valence-corrected chi connectivity index (χ2v) is 3.85. The van der Waals surface area contributed by atoms with Crippen LogP contribution in [0.25, 0.3) is 0 Å².